The number of rotatable bonds is 6. The lowest BCUT2D eigenvalue weighted by molar-refractivity contribution is -0.153. The number of nitrogens with one attached hydrogen (secondary N) is 1. The summed E-state index contributed by atoms with van der Waals surface area (Å²) in [4.78, 5) is 49.7. The standard InChI is InChI=1S/C20H17ClN2O5/c1-12(18(25)22-16-9-5-4-8-15(16)21)28-17(24)10-11-23-19(26)13-6-2-3-7-14(13)20(23)27/h2-9,12H,10-11H2,1H3,(H,22,25)/t12-/m0/s1. The number of hydrogen-bond donors (Lipinski definition) is 1. The number of halogens is 1. The zero-order valence-electron chi connectivity index (χ0n) is 15.0. The zero-order chi connectivity index (χ0) is 20.3. The number of imide groups is 1. The third-order valence-corrected chi connectivity index (χ3v) is 4.56. The van der Waals surface area contributed by atoms with Gasteiger partial charge in [-0.15, -0.1) is 0 Å². The topological polar surface area (TPSA) is 92.8 Å². The first-order valence-corrected chi connectivity index (χ1v) is 8.96. The van der Waals surface area contributed by atoms with Crippen LogP contribution in [-0.4, -0.2) is 41.2 Å². The molecule has 0 unspecified atom stereocenters. The lowest BCUT2D eigenvalue weighted by Crippen LogP contribution is -2.34. The highest BCUT2D eigenvalue weighted by Crippen LogP contribution is 2.23. The van der Waals surface area contributed by atoms with Gasteiger partial charge in [0.25, 0.3) is 17.7 Å². The van der Waals surface area contributed by atoms with E-state index in [0.717, 1.165) is 4.90 Å². The summed E-state index contributed by atoms with van der Waals surface area (Å²) in [5.41, 5.74) is 1.03. The van der Waals surface area contributed by atoms with Crippen molar-refractivity contribution in [2.24, 2.45) is 0 Å². The molecule has 2 aromatic carbocycles. The molecule has 28 heavy (non-hydrogen) atoms. The van der Waals surface area contributed by atoms with Crippen LogP contribution in [0.2, 0.25) is 5.02 Å². The number of carbonyl (C=O) groups excluding carboxylic acids is 4. The Hall–Kier alpha value is -3.19. The molecule has 0 saturated heterocycles. The van der Waals surface area contributed by atoms with Crippen LogP contribution in [0.5, 0.6) is 0 Å². The minimum atomic E-state index is -1.06. The van der Waals surface area contributed by atoms with Crippen molar-refractivity contribution in [3.63, 3.8) is 0 Å². The Morgan fingerprint density at radius 1 is 1.04 bits per heavy atom. The first-order chi connectivity index (χ1) is 13.4. The number of hydrogen-bond acceptors (Lipinski definition) is 5. The number of esters is 1. The molecule has 1 heterocycles. The smallest absolute Gasteiger partial charge is 0.308 e. The van der Waals surface area contributed by atoms with Crippen molar-refractivity contribution in [3.8, 4) is 0 Å². The molecule has 0 aliphatic carbocycles. The molecule has 3 rings (SSSR count). The van der Waals surface area contributed by atoms with Gasteiger partial charge in [-0.3, -0.25) is 24.1 Å². The normalized spacial score (nSPS) is 13.9. The minimum absolute atomic E-state index is 0.121. The van der Waals surface area contributed by atoms with Gasteiger partial charge in [-0.2, -0.15) is 0 Å². The first-order valence-electron chi connectivity index (χ1n) is 8.58. The average Bonchev–Trinajstić information content (AvgIpc) is 2.92. The van der Waals surface area contributed by atoms with E-state index < -0.39 is 29.8 Å². The maximum atomic E-state index is 12.3. The molecule has 7 nitrogen and oxygen atoms in total. The van der Waals surface area contributed by atoms with Crippen molar-refractivity contribution in [2.45, 2.75) is 19.4 Å². The van der Waals surface area contributed by atoms with Gasteiger partial charge in [0, 0.05) is 6.54 Å². The largest absolute Gasteiger partial charge is 0.452 e. The summed E-state index contributed by atoms with van der Waals surface area (Å²) in [6.45, 7) is 1.30. The lowest BCUT2D eigenvalue weighted by atomic mass is 10.1. The molecular formula is C20H17ClN2O5. The Morgan fingerprint density at radius 2 is 1.61 bits per heavy atom. The fraction of sp³-hybridized carbons (Fsp3) is 0.200. The summed E-state index contributed by atoms with van der Waals surface area (Å²) in [5.74, 6) is -2.13. The molecule has 0 aromatic heterocycles. The quantitative estimate of drug-likeness (QED) is 0.594. The van der Waals surface area contributed by atoms with Crippen LogP contribution in [0.4, 0.5) is 5.69 Å². The molecule has 1 atom stereocenters. The van der Waals surface area contributed by atoms with Crippen molar-refractivity contribution in [3.05, 3.63) is 64.7 Å². The Labute approximate surface area is 166 Å². The summed E-state index contributed by atoms with van der Waals surface area (Å²) in [5, 5.41) is 2.93. The van der Waals surface area contributed by atoms with Crippen LogP contribution in [0.25, 0.3) is 0 Å². The van der Waals surface area contributed by atoms with Gasteiger partial charge >= 0.3 is 5.97 Å². The Morgan fingerprint density at radius 3 is 2.21 bits per heavy atom. The van der Waals surface area contributed by atoms with E-state index in [4.69, 9.17) is 16.3 Å². The SMILES string of the molecule is C[C@H](OC(=O)CCN1C(=O)c2ccccc2C1=O)C(=O)Nc1ccccc1Cl. The number of amides is 3. The van der Waals surface area contributed by atoms with Crippen LogP contribution >= 0.6 is 11.6 Å². The number of fused-ring (bicyclic) bond motifs is 1. The predicted molar refractivity (Wildman–Crippen MR) is 102 cm³/mol. The molecule has 144 valence electrons. The molecule has 1 aliphatic heterocycles. The van der Waals surface area contributed by atoms with E-state index in [1.54, 1.807) is 48.5 Å². The minimum Gasteiger partial charge on any atom is -0.452 e. The van der Waals surface area contributed by atoms with Crippen LogP contribution in [-0.2, 0) is 14.3 Å². The highest BCUT2D eigenvalue weighted by Gasteiger charge is 2.35. The maximum absolute atomic E-state index is 12.3. The second kappa shape index (κ2) is 8.22. The summed E-state index contributed by atoms with van der Waals surface area (Å²) in [6, 6.07) is 13.1. The molecule has 0 saturated carbocycles. The number of para-hydroxylation sites is 1. The number of benzene rings is 2. The number of carbonyl (C=O) groups is 4. The number of anilines is 1. The molecule has 1 N–H and O–H groups in total. The highest BCUT2D eigenvalue weighted by atomic mass is 35.5. The van der Waals surface area contributed by atoms with Crippen LogP contribution in [0, 0.1) is 0 Å². The van der Waals surface area contributed by atoms with Gasteiger partial charge in [0.05, 0.1) is 28.3 Å². The molecule has 0 radical (unpaired) electrons. The van der Waals surface area contributed by atoms with E-state index in [1.165, 1.54) is 6.92 Å². The Kier molecular flexibility index (Phi) is 5.75. The first kappa shape index (κ1) is 19.6. The lowest BCUT2D eigenvalue weighted by Gasteiger charge is -2.16. The molecule has 0 fully saturated rings. The van der Waals surface area contributed by atoms with Crippen molar-refractivity contribution >= 4 is 41.0 Å². The van der Waals surface area contributed by atoms with Crippen molar-refractivity contribution in [1.29, 1.82) is 0 Å². The van der Waals surface area contributed by atoms with Crippen LogP contribution < -0.4 is 5.32 Å². The van der Waals surface area contributed by atoms with E-state index in [1.807, 2.05) is 0 Å². The average molecular weight is 401 g/mol. The summed E-state index contributed by atoms with van der Waals surface area (Å²) in [6.07, 6.45) is -1.28. The maximum Gasteiger partial charge on any atom is 0.308 e. The molecule has 3 amide bonds. The molecule has 1 aliphatic rings. The van der Waals surface area contributed by atoms with Gasteiger partial charge in [0.15, 0.2) is 6.10 Å². The highest BCUT2D eigenvalue weighted by molar-refractivity contribution is 6.33. The van der Waals surface area contributed by atoms with Gasteiger partial charge in [-0.05, 0) is 31.2 Å². The van der Waals surface area contributed by atoms with E-state index >= 15 is 0 Å². The van der Waals surface area contributed by atoms with Gasteiger partial charge < -0.3 is 10.1 Å². The predicted octanol–water partition coefficient (Wildman–Crippen LogP) is 2.90. The molecular weight excluding hydrogens is 384 g/mol. The van der Waals surface area contributed by atoms with Crippen LogP contribution in [0.1, 0.15) is 34.1 Å². The number of nitrogens with zero attached hydrogens (tertiary/aromatic N) is 1. The molecule has 0 spiro atoms. The van der Waals surface area contributed by atoms with E-state index in [0.29, 0.717) is 21.8 Å². The summed E-state index contributed by atoms with van der Waals surface area (Å²) < 4.78 is 5.09. The van der Waals surface area contributed by atoms with Crippen LogP contribution in [0.3, 0.4) is 0 Å². The van der Waals surface area contributed by atoms with E-state index in [2.05, 4.69) is 5.32 Å². The van der Waals surface area contributed by atoms with Crippen LogP contribution in [0.15, 0.2) is 48.5 Å². The van der Waals surface area contributed by atoms with Crippen molar-refractivity contribution in [1.82, 2.24) is 4.90 Å². The molecule has 2 aromatic rings. The Bertz CT molecular complexity index is 924. The fourth-order valence-corrected chi connectivity index (χ4v) is 2.93. The van der Waals surface area contributed by atoms with Gasteiger partial charge in [0.2, 0.25) is 0 Å². The van der Waals surface area contributed by atoms with Gasteiger partial charge in [-0.1, -0.05) is 35.9 Å². The van der Waals surface area contributed by atoms with Crippen molar-refractivity contribution < 1.29 is 23.9 Å². The van der Waals surface area contributed by atoms with E-state index in [9.17, 15) is 19.2 Å². The second-order valence-corrected chi connectivity index (χ2v) is 6.57. The second-order valence-electron chi connectivity index (χ2n) is 6.16. The van der Waals surface area contributed by atoms with Gasteiger partial charge in [-0.25, -0.2) is 0 Å². The fourth-order valence-electron chi connectivity index (χ4n) is 2.75. The number of ether oxygens (including phenoxy) is 1. The third-order valence-electron chi connectivity index (χ3n) is 4.23. The molecule has 8 heteroatoms. The molecule has 0 bridgehead atoms. The van der Waals surface area contributed by atoms with Crippen molar-refractivity contribution in [2.75, 3.05) is 11.9 Å². The summed E-state index contributed by atoms with van der Waals surface area (Å²) >= 11 is 5.97. The van der Waals surface area contributed by atoms with E-state index in [-0.39, 0.29) is 13.0 Å². The Balaban J connectivity index is 1.52. The zero-order valence-corrected chi connectivity index (χ0v) is 15.7. The van der Waals surface area contributed by atoms with Gasteiger partial charge in [0.1, 0.15) is 0 Å². The summed E-state index contributed by atoms with van der Waals surface area (Å²) in [7, 11) is 0. The third kappa shape index (κ3) is 4.04. The monoisotopic (exact) mass is 400 g/mol.